The second-order valence-electron chi connectivity index (χ2n) is 10.2. The van der Waals surface area contributed by atoms with Crippen molar-refractivity contribution in [3.8, 4) is 0 Å². The lowest BCUT2D eigenvalue weighted by Crippen LogP contribution is -2.26. The number of likely N-dealkylation sites (tertiary alicyclic amines) is 1. The van der Waals surface area contributed by atoms with Crippen molar-refractivity contribution in [1.29, 1.82) is 0 Å². The van der Waals surface area contributed by atoms with Gasteiger partial charge < -0.3 is 19.9 Å². The zero-order chi connectivity index (χ0) is 26.7. The standard InChI is InChI=1S/C27H38N6O4S/c1-2-37-19-23-30-25-26(33(23)16-4-3-14-32-15-7-17-38(32,35)36)21-11-10-20(18-22(21)29-27(25)28)8-5-12-31-13-6-9-24(31)34/h10-11,18H,2-9,12-17,19H2,1H3,(H2,28,29). The van der Waals surface area contributed by atoms with Gasteiger partial charge >= 0.3 is 0 Å². The Morgan fingerprint density at radius 3 is 2.63 bits per heavy atom. The Kier molecular flexibility index (Phi) is 8.15. The van der Waals surface area contributed by atoms with E-state index >= 15 is 0 Å². The molecule has 1 aromatic carbocycles. The number of hydrogen-bond donors (Lipinski definition) is 1. The van der Waals surface area contributed by atoms with Gasteiger partial charge in [0.15, 0.2) is 5.82 Å². The summed E-state index contributed by atoms with van der Waals surface area (Å²) in [5.74, 6) is 1.72. The molecule has 0 bridgehead atoms. The van der Waals surface area contributed by atoms with Crippen LogP contribution >= 0.6 is 0 Å². The second kappa shape index (κ2) is 11.5. The molecular weight excluding hydrogens is 504 g/mol. The highest BCUT2D eigenvalue weighted by Gasteiger charge is 2.27. The van der Waals surface area contributed by atoms with Crippen molar-refractivity contribution in [2.75, 3.05) is 44.3 Å². The Morgan fingerprint density at radius 1 is 1.05 bits per heavy atom. The number of carbonyl (C=O) groups excluding carboxylic acids is 1. The molecule has 0 saturated carbocycles. The molecular formula is C27H38N6O4S. The SMILES string of the molecule is CCOCc1nc2c(N)nc3cc(CCCN4CCCC4=O)ccc3c2n1CCCCN1CCCS1(=O)=O. The highest BCUT2D eigenvalue weighted by Crippen LogP contribution is 2.30. The zero-order valence-electron chi connectivity index (χ0n) is 22.2. The largest absolute Gasteiger partial charge is 0.382 e. The summed E-state index contributed by atoms with van der Waals surface area (Å²) in [7, 11) is -3.08. The number of unbranched alkanes of at least 4 members (excludes halogenated alkanes) is 1. The first-order valence-corrected chi connectivity index (χ1v) is 15.4. The van der Waals surface area contributed by atoms with Gasteiger partial charge in [0.05, 0.1) is 16.8 Å². The summed E-state index contributed by atoms with van der Waals surface area (Å²) >= 11 is 0. The van der Waals surface area contributed by atoms with Gasteiger partial charge in [0.1, 0.15) is 17.9 Å². The smallest absolute Gasteiger partial charge is 0.222 e. The van der Waals surface area contributed by atoms with Crippen molar-refractivity contribution < 1.29 is 17.9 Å². The van der Waals surface area contributed by atoms with Crippen LogP contribution in [0.3, 0.4) is 0 Å². The fourth-order valence-electron chi connectivity index (χ4n) is 5.62. The van der Waals surface area contributed by atoms with Crippen molar-refractivity contribution >= 4 is 43.7 Å². The molecule has 2 aromatic heterocycles. The van der Waals surface area contributed by atoms with Crippen LogP contribution in [0.2, 0.25) is 0 Å². The van der Waals surface area contributed by atoms with E-state index in [4.69, 9.17) is 15.5 Å². The van der Waals surface area contributed by atoms with Gasteiger partial charge in [0.25, 0.3) is 0 Å². The number of imidazole rings is 1. The Labute approximate surface area is 224 Å². The first-order valence-electron chi connectivity index (χ1n) is 13.8. The number of amides is 1. The quantitative estimate of drug-likeness (QED) is 0.349. The van der Waals surface area contributed by atoms with Crippen molar-refractivity contribution in [3.63, 3.8) is 0 Å². The summed E-state index contributed by atoms with van der Waals surface area (Å²) in [4.78, 5) is 23.3. The molecule has 2 aliphatic heterocycles. The van der Waals surface area contributed by atoms with Gasteiger partial charge in [-0.3, -0.25) is 4.79 Å². The molecule has 11 heteroatoms. The number of nitrogens with zero attached hydrogens (tertiary/aromatic N) is 5. The number of carbonyl (C=O) groups is 1. The maximum Gasteiger partial charge on any atom is 0.222 e. The molecule has 1 amide bonds. The molecule has 2 N–H and O–H groups in total. The molecule has 5 rings (SSSR count). The van der Waals surface area contributed by atoms with Crippen LogP contribution in [0.4, 0.5) is 5.82 Å². The van der Waals surface area contributed by atoms with Crippen molar-refractivity contribution in [2.24, 2.45) is 0 Å². The summed E-state index contributed by atoms with van der Waals surface area (Å²) < 4.78 is 33.8. The number of nitrogen functional groups attached to an aromatic ring is 1. The van der Waals surface area contributed by atoms with Gasteiger partial charge in [-0.2, -0.15) is 0 Å². The molecule has 10 nitrogen and oxygen atoms in total. The fraction of sp³-hybridized carbons (Fsp3) is 0.593. The molecule has 0 atom stereocenters. The molecule has 0 unspecified atom stereocenters. The van der Waals surface area contributed by atoms with Crippen LogP contribution in [0.15, 0.2) is 18.2 Å². The van der Waals surface area contributed by atoms with Crippen molar-refractivity contribution in [1.82, 2.24) is 23.7 Å². The molecule has 2 saturated heterocycles. The molecule has 3 aromatic rings. The molecule has 2 fully saturated rings. The maximum absolute atomic E-state index is 12.1. The number of pyridine rings is 1. The van der Waals surface area contributed by atoms with Crippen LogP contribution in [0, 0.1) is 0 Å². The van der Waals surface area contributed by atoms with E-state index in [-0.39, 0.29) is 11.7 Å². The number of aryl methyl sites for hydroxylation is 2. The van der Waals surface area contributed by atoms with E-state index in [1.807, 2.05) is 11.8 Å². The topological polar surface area (TPSA) is 124 Å². The highest BCUT2D eigenvalue weighted by molar-refractivity contribution is 7.89. The van der Waals surface area contributed by atoms with E-state index in [0.717, 1.165) is 67.4 Å². The average molecular weight is 543 g/mol. The van der Waals surface area contributed by atoms with Gasteiger partial charge in [-0.05, 0) is 57.1 Å². The fourth-order valence-corrected chi connectivity index (χ4v) is 7.18. The number of rotatable bonds is 12. The monoisotopic (exact) mass is 542 g/mol. The Balaban J connectivity index is 1.36. The van der Waals surface area contributed by atoms with Gasteiger partial charge in [0, 0.05) is 51.1 Å². The van der Waals surface area contributed by atoms with Gasteiger partial charge in [0.2, 0.25) is 15.9 Å². The highest BCUT2D eigenvalue weighted by atomic mass is 32.2. The average Bonchev–Trinajstić information content (AvgIpc) is 3.57. The minimum absolute atomic E-state index is 0.258. The number of aromatic nitrogens is 3. The predicted octanol–water partition coefficient (Wildman–Crippen LogP) is 3.07. The Bertz CT molecular complexity index is 1420. The number of nitrogens with two attached hydrogens (primary N) is 1. The van der Waals surface area contributed by atoms with Gasteiger partial charge in [-0.25, -0.2) is 22.7 Å². The lowest BCUT2D eigenvalue weighted by Gasteiger charge is -2.16. The third-order valence-corrected chi connectivity index (χ3v) is 9.55. The lowest BCUT2D eigenvalue weighted by molar-refractivity contribution is -0.127. The number of benzene rings is 1. The van der Waals surface area contributed by atoms with Crippen molar-refractivity contribution in [3.05, 3.63) is 29.6 Å². The third kappa shape index (κ3) is 5.64. The molecule has 4 heterocycles. The third-order valence-electron chi connectivity index (χ3n) is 7.59. The van der Waals surface area contributed by atoms with Crippen LogP contribution < -0.4 is 5.73 Å². The van der Waals surface area contributed by atoms with E-state index < -0.39 is 10.0 Å². The number of anilines is 1. The first kappa shape index (κ1) is 26.8. The lowest BCUT2D eigenvalue weighted by atomic mass is 10.1. The second-order valence-corrected chi connectivity index (χ2v) is 12.3. The van der Waals surface area contributed by atoms with E-state index in [1.165, 1.54) is 5.56 Å². The normalized spacial score (nSPS) is 17.9. The van der Waals surface area contributed by atoms with E-state index in [0.29, 0.717) is 57.0 Å². The number of ether oxygens (including phenoxy) is 1. The number of hydrogen-bond acceptors (Lipinski definition) is 7. The van der Waals surface area contributed by atoms with Gasteiger partial charge in [-0.1, -0.05) is 12.1 Å². The summed E-state index contributed by atoms with van der Waals surface area (Å²) in [5.41, 5.74) is 10.0. The maximum atomic E-state index is 12.1. The molecule has 206 valence electrons. The molecule has 0 spiro atoms. The summed E-state index contributed by atoms with van der Waals surface area (Å²) in [6, 6.07) is 6.32. The van der Waals surface area contributed by atoms with E-state index in [9.17, 15) is 13.2 Å². The number of fused-ring (bicyclic) bond motifs is 3. The van der Waals surface area contributed by atoms with Crippen molar-refractivity contribution in [2.45, 2.75) is 65.0 Å². The molecule has 38 heavy (non-hydrogen) atoms. The Hall–Kier alpha value is -2.76. The Morgan fingerprint density at radius 2 is 1.89 bits per heavy atom. The van der Waals surface area contributed by atoms with Crippen LogP contribution in [0.5, 0.6) is 0 Å². The zero-order valence-corrected chi connectivity index (χ0v) is 23.0. The van der Waals surface area contributed by atoms with Crippen LogP contribution in [0.1, 0.15) is 56.8 Å². The van der Waals surface area contributed by atoms with Crippen LogP contribution in [-0.4, -0.2) is 76.6 Å². The van der Waals surface area contributed by atoms with E-state index in [1.54, 1.807) is 4.31 Å². The predicted molar refractivity (Wildman–Crippen MR) is 148 cm³/mol. The van der Waals surface area contributed by atoms with E-state index in [2.05, 4.69) is 27.8 Å². The number of sulfonamides is 1. The molecule has 0 aliphatic carbocycles. The first-order chi connectivity index (χ1) is 18.4. The van der Waals surface area contributed by atoms with Crippen LogP contribution in [-0.2, 0) is 39.1 Å². The minimum atomic E-state index is -3.08. The van der Waals surface area contributed by atoms with Crippen LogP contribution in [0.25, 0.3) is 21.9 Å². The summed E-state index contributed by atoms with van der Waals surface area (Å²) in [6.07, 6.45) is 5.72. The van der Waals surface area contributed by atoms with Gasteiger partial charge in [-0.15, -0.1) is 0 Å². The summed E-state index contributed by atoms with van der Waals surface area (Å²) in [6.45, 7) is 6.43. The summed E-state index contributed by atoms with van der Waals surface area (Å²) in [5, 5.41) is 0.991. The minimum Gasteiger partial charge on any atom is -0.382 e. The molecule has 0 radical (unpaired) electrons. The molecule has 2 aliphatic rings.